The smallest absolute Gasteiger partial charge is 0.229 e. The van der Waals surface area contributed by atoms with Crippen LogP contribution in [0, 0.1) is 0 Å². The van der Waals surface area contributed by atoms with Crippen LogP contribution in [-0.2, 0) is 24.3 Å². The van der Waals surface area contributed by atoms with Gasteiger partial charge < -0.3 is 19.4 Å². The van der Waals surface area contributed by atoms with Crippen molar-refractivity contribution in [2.24, 2.45) is 0 Å². The molecule has 34 heavy (non-hydrogen) atoms. The summed E-state index contributed by atoms with van der Waals surface area (Å²) < 4.78 is 5.36. The minimum Gasteiger partial charge on any atom is -0.444 e. The number of anilines is 3. The molecular formula is C25H25N7O2. The first kappa shape index (κ1) is 21.7. The Kier molecular flexibility index (Phi) is 6.26. The van der Waals surface area contributed by atoms with E-state index < -0.39 is 0 Å². The van der Waals surface area contributed by atoms with E-state index in [4.69, 9.17) is 14.4 Å². The molecule has 3 aromatic heterocycles. The van der Waals surface area contributed by atoms with Crippen molar-refractivity contribution in [3.8, 4) is 11.3 Å². The lowest BCUT2D eigenvalue weighted by Crippen LogP contribution is -2.34. The van der Waals surface area contributed by atoms with Crippen LogP contribution in [0.15, 0.2) is 65.7 Å². The number of oxazole rings is 1. The molecule has 0 atom stereocenters. The molecule has 1 aliphatic rings. The maximum Gasteiger partial charge on any atom is 0.229 e. The van der Waals surface area contributed by atoms with Crippen LogP contribution < -0.4 is 10.2 Å². The summed E-state index contributed by atoms with van der Waals surface area (Å²) in [5.74, 6) is 2.10. The Bertz CT molecular complexity index is 1240. The minimum atomic E-state index is 0.403. The topological polar surface area (TPSA) is 100 Å². The number of aldehydes is 1. The number of hydrogen-bond donors (Lipinski definition) is 1. The van der Waals surface area contributed by atoms with E-state index in [1.54, 1.807) is 12.4 Å². The van der Waals surface area contributed by atoms with Crippen LogP contribution in [0.3, 0.4) is 0 Å². The van der Waals surface area contributed by atoms with Gasteiger partial charge in [0.2, 0.25) is 5.95 Å². The molecule has 0 amide bonds. The van der Waals surface area contributed by atoms with Crippen LogP contribution in [0.25, 0.3) is 11.3 Å². The first-order valence-electron chi connectivity index (χ1n) is 11.1. The molecule has 1 N–H and O–H groups in total. The van der Waals surface area contributed by atoms with E-state index in [1.165, 1.54) is 6.39 Å². The van der Waals surface area contributed by atoms with Gasteiger partial charge in [0.05, 0.1) is 30.7 Å². The first-order valence-corrected chi connectivity index (χ1v) is 11.1. The third-order valence-corrected chi connectivity index (χ3v) is 5.79. The van der Waals surface area contributed by atoms with Crippen molar-refractivity contribution in [1.82, 2.24) is 24.8 Å². The largest absolute Gasteiger partial charge is 0.444 e. The molecule has 4 heterocycles. The van der Waals surface area contributed by atoms with Crippen LogP contribution in [-0.4, -0.2) is 51.3 Å². The average Bonchev–Trinajstić information content (AvgIpc) is 3.40. The van der Waals surface area contributed by atoms with E-state index in [-0.39, 0.29) is 0 Å². The molecule has 9 nitrogen and oxygen atoms in total. The fourth-order valence-corrected chi connectivity index (χ4v) is 4.10. The number of carbonyl (C=O) groups is 1. The summed E-state index contributed by atoms with van der Waals surface area (Å²) in [6.07, 6.45) is 6.60. The number of benzene rings is 1. The van der Waals surface area contributed by atoms with Gasteiger partial charge in [-0.1, -0.05) is 6.07 Å². The Morgan fingerprint density at radius 3 is 2.79 bits per heavy atom. The number of pyridine rings is 1. The highest BCUT2D eigenvalue weighted by molar-refractivity contribution is 5.64. The number of fused-ring (bicyclic) bond motifs is 1. The third-order valence-electron chi connectivity index (χ3n) is 5.79. The minimum absolute atomic E-state index is 0.403. The summed E-state index contributed by atoms with van der Waals surface area (Å²) in [4.78, 5) is 33.4. The quantitative estimate of drug-likeness (QED) is 0.400. The van der Waals surface area contributed by atoms with Gasteiger partial charge in [-0.25, -0.2) is 9.97 Å². The lowest BCUT2D eigenvalue weighted by atomic mass is 10.1. The zero-order chi connectivity index (χ0) is 23.3. The molecule has 0 spiro atoms. The number of aromatic nitrogens is 4. The zero-order valence-corrected chi connectivity index (χ0v) is 18.9. The molecule has 9 heteroatoms. The van der Waals surface area contributed by atoms with Crippen LogP contribution >= 0.6 is 0 Å². The highest BCUT2D eigenvalue weighted by atomic mass is 16.3. The molecule has 172 valence electrons. The second-order valence-corrected chi connectivity index (χ2v) is 8.19. The van der Waals surface area contributed by atoms with Crippen molar-refractivity contribution in [3.63, 3.8) is 0 Å². The summed E-state index contributed by atoms with van der Waals surface area (Å²) in [5.41, 5.74) is 4.83. The van der Waals surface area contributed by atoms with E-state index in [2.05, 4.69) is 25.1 Å². The number of nitrogens with zero attached hydrogens (tertiary/aromatic N) is 6. The van der Waals surface area contributed by atoms with E-state index in [0.717, 1.165) is 59.0 Å². The van der Waals surface area contributed by atoms with Crippen molar-refractivity contribution in [2.75, 3.05) is 30.4 Å². The normalized spacial score (nSPS) is 13.3. The van der Waals surface area contributed by atoms with E-state index in [0.29, 0.717) is 25.6 Å². The van der Waals surface area contributed by atoms with Crippen LogP contribution in [0.5, 0.6) is 0 Å². The maximum atomic E-state index is 11.1. The molecule has 0 aliphatic carbocycles. The monoisotopic (exact) mass is 455 g/mol. The van der Waals surface area contributed by atoms with E-state index in [9.17, 15) is 4.79 Å². The van der Waals surface area contributed by atoms with Crippen LogP contribution in [0.2, 0.25) is 0 Å². The Balaban J connectivity index is 1.43. The fraction of sp³-hybridized carbons (Fsp3) is 0.240. The molecule has 0 unspecified atom stereocenters. The van der Waals surface area contributed by atoms with Crippen molar-refractivity contribution >= 4 is 23.7 Å². The summed E-state index contributed by atoms with van der Waals surface area (Å²) >= 11 is 0. The fourth-order valence-electron chi connectivity index (χ4n) is 4.10. The molecular weight excluding hydrogens is 430 g/mol. The molecule has 0 saturated carbocycles. The van der Waals surface area contributed by atoms with Crippen LogP contribution in [0.4, 0.5) is 17.5 Å². The van der Waals surface area contributed by atoms with Gasteiger partial charge in [0.25, 0.3) is 0 Å². The van der Waals surface area contributed by atoms with E-state index >= 15 is 0 Å². The SMILES string of the molecule is CN(Cc1ccccn1)c1nc(Nc2ccc(-c3cnco3)cc2)nc2c1CN(CC=O)CC2. The van der Waals surface area contributed by atoms with Crippen LogP contribution in [0.1, 0.15) is 17.0 Å². The number of nitrogens with one attached hydrogen (secondary N) is 1. The molecule has 0 radical (unpaired) electrons. The number of carbonyl (C=O) groups excluding carboxylic acids is 1. The third kappa shape index (κ3) is 4.79. The number of hydrogen-bond acceptors (Lipinski definition) is 9. The molecule has 0 bridgehead atoms. The van der Waals surface area contributed by atoms with Gasteiger partial charge in [-0.2, -0.15) is 4.98 Å². The predicted octanol–water partition coefficient (Wildman–Crippen LogP) is 3.46. The van der Waals surface area contributed by atoms with Crippen molar-refractivity contribution in [3.05, 3.63) is 78.2 Å². The Hall–Kier alpha value is -4.11. The van der Waals surface area contributed by atoms with Crippen molar-refractivity contribution in [1.29, 1.82) is 0 Å². The molecule has 0 saturated heterocycles. The van der Waals surface area contributed by atoms with Gasteiger partial charge in [0, 0.05) is 49.6 Å². The predicted molar refractivity (Wildman–Crippen MR) is 129 cm³/mol. The van der Waals surface area contributed by atoms with Gasteiger partial charge in [-0.15, -0.1) is 0 Å². The van der Waals surface area contributed by atoms with E-state index in [1.807, 2.05) is 49.5 Å². The lowest BCUT2D eigenvalue weighted by molar-refractivity contribution is -0.109. The highest BCUT2D eigenvalue weighted by Crippen LogP contribution is 2.29. The molecule has 4 aromatic rings. The Labute approximate surface area is 197 Å². The zero-order valence-electron chi connectivity index (χ0n) is 18.9. The second kappa shape index (κ2) is 9.80. The molecule has 1 aromatic carbocycles. The summed E-state index contributed by atoms with van der Waals surface area (Å²) in [6, 6.07) is 13.7. The molecule has 0 fully saturated rings. The van der Waals surface area contributed by atoms with Gasteiger partial charge in [0.1, 0.15) is 12.1 Å². The summed E-state index contributed by atoms with van der Waals surface area (Å²) in [7, 11) is 2.01. The average molecular weight is 456 g/mol. The van der Waals surface area contributed by atoms with Crippen molar-refractivity contribution < 1.29 is 9.21 Å². The molecule has 5 rings (SSSR count). The standard InChI is InChI=1S/C25H25N7O2/c1-31(15-20-4-2-3-10-27-20)24-21-16-32(12-13-33)11-9-22(21)29-25(30-24)28-19-7-5-18(6-8-19)23-14-26-17-34-23/h2-8,10,13-14,17H,9,11-12,15-16H2,1H3,(H,28,29,30). The first-order chi connectivity index (χ1) is 16.7. The highest BCUT2D eigenvalue weighted by Gasteiger charge is 2.24. The summed E-state index contributed by atoms with van der Waals surface area (Å²) in [6.45, 7) is 2.45. The Morgan fingerprint density at radius 2 is 2.06 bits per heavy atom. The van der Waals surface area contributed by atoms with Gasteiger partial charge in [0.15, 0.2) is 12.2 Å². The summed E-state index contributed by atoms with van der Waals surface area (Å²) in [5, 5.41) is 3.34. The van der Waals surface area contributed by atoms with Gasteiger partial charge >= 0.3 is 0 Å². The maximum absolute atomic E-state index is 11.1. The molecule has 1 aliphatic heterocycles. The Morgan fingerprint density at radius 1 is 1.18 bits per heavy atom. The van der Waals surface area contributed by atoms with Gasteiger partial charge in [-0.05, 0) is 36.4 Å². The van der Waals surface area contributed by atoms with Gasteiger partial charge in [-0.3, -0.25) is 9.88 Å². The number of rotatable bonds is 8. The van der Waals surface area contributed by atoms with Crippen molar-refractivity contribution in [2.45, 2.75) is 19.5 Å². The lowest BCUT2D eigenvalue weighted by Gasteiger charge is -2.30. The second-order valence-electron chi connectivity index (χ2n) is 8.19.